The summed E-state index contributed by atoms with van der Waals surface area (Å²) in [6, 6.07) is 1.48. The molecule has 15 heavy (non-hydrogen) atoms. The van der Waals surface area contributed by atoms with E-state index in [4.69, 9.17) is 0 Å². The molecule has 0 aliphatic rings. The second kappa shape index (κ2) is 5.51. The molecule has 86 valence electrons. The molecule has 0 aromatic carbocycles. The van der Waals surface area contributed by atoms with Crippen molar-refractivity contribution >= 4 is 11.3 Å². The molecule has 1 rings (SSSR count). The van der Waals surface area contributed by atoms with Gasteiger partial charge in [0.1, 0.15) is 0 Å². The van der Waals surface area contributed by atoms with Gasteiger partial charge in [-0.3, -0.25) is 0 Å². The molecule has 0 saturated carbocycles. The lowest BCUT2D eigenvalue weighted by atomic mass is 10.2. The molecule has 0 radical (unpaired) electrons. The van der Waals surface area contributed by atoms with E-state index in [2.05, 4.69) is 5.32 Å². The van der Waals surface area contributed by atoms with Crippen LogP contribution < -0.4 is 5.32 Å². The van der Waals surface area contributed by atoms with Crippen LogP contribution in [-0.4, -0.2) is 18.8 Å². The molecule has 1 unspecified atom stereocenters. The Kier molecular flexibility index (Phi) is 4.60. The highest BCUT2D eigenvalue weighted by Gasteiger charge is 2.29. The Balaban J connectivity index is 2.15. The zero-order valence-electron chi connectivity index (χ0n) is 8.47. The molecule has 0 aliphatic carbocycles. The number of halogens is 3. The minimum atomic E-state index is -4.07. The van der Waals surface area contributed by atoms with E-state index >= 15 is 0 Å². The van der Waals surface area contributed by atoms with Crippen LogP contribution in [0.15, 0.2) is 16.8 Å². The van der Waals surface area contributed by atoms with Gasteiger partial charge in [0.2, 0.25) is 0 Å². The summed E-state index contributed by atoms with van der Waals surface area (Å²) in [4.78, 5) is 0. The normalized spacial score (nSPS) is 14.1. The van der Waals surface area contributed by atoms with Gasteiger partial charge in [-0.1, -0.05) is 0 Å². The number of hydrogen-bond donors (Lipinski definition) is 1. The van der Waals surface area contributed by atoms with E-state index in [1.807, 2.05) is 16.8 Å². The van der Waals surface area contributed by atoms with Gasteiger partial charge in [-0.15, -0.1) is 0 Å². The molecule has 1 nitrogen and oxygen atoms in total. The molecule has 0 saturated heterocycles. The van der Waals surface area contributed by atoms with E-state index in [1.165, 1.54) is 5.56 Å². The standard InChI is InChI=1S/C10H14F3NS/c1-8(6-10(11,12)13)14-4-2-9-3-5-15-7-9/h3,5,7-8,14H,2,4,6H2,1H3. The Bertz CT molecular complexity index is 269. The third-order valence-electron chi connectivity index (χ3n) is 2.02. The van der Waals surface area contributed by atoms with E-state index in [0.29, 0.717) is 6.54 Å². The summed E-state index contributed by atoms with van der Waals surface area (Å²) in [5, 5.41) is 6.84. The van der Waals surface area contributed by atoms with Crippen molar-refractivity contribution in [1.82, 2.24) is 5.32 Å². The summed E-state index contributed by atoms with van der Waals surface area (Å²) >= 11 is 1.60. The largest absolute Gasteiger partial charge is 0.390 e. The molecule has 1 atom stereocenters. The predicted octanol–water partition coefficient (Wildman–Crippen LogP) is 3.22. The summed E-state index contributed by atoms with van der Waals surface area (Å²) in [6.45, 7) is 2.15. The summed E-state index contributed by atoms with van der Waals surface area (Å²) < 4.78 is 35.9. The summed E-state index contributed by atoms with van der Waals surface area (Å²) in [5.41, 5.74) is 1.17. The van der Waals surface area contributed by atoms with E-state index < -0.39 is 18.6 Å². The number of alkyl halides is 3. The number of hydrogen-bond acceptors (Lipinski definition) is 2. The Labute approximate surface area is 91.3 Å². The first-order valence-electron chi connectivity index (χ1n) is 4.78. The fourth-order valence-corrected chi connectivity index (χ4v) is 2.02. The second-order valence-electron chi connectivity index (χ2n) is 3.56. The highest BCUT2D eigenvalue weighted by Crippen LogP contribution is 2.21. The quantitative estimate of drug-likeness (QED) is 0.829. The van der Waals surface area contributed by atoms with Crippen LogP contribution in [0, 0.1) is 0 Å². The molecule has 5 heteroatoms. The average Bonchev–Trinajstić information content (AvgIpc) is 2.53. The molecule has 0 spiro atoms. The van der Waals surface area contributed by atoms with Crippen molar-refractivity contribution in [2.45, 2.75) is 32.0 Å². The molecule has 0 bridgehead atoms. The van der Waals surface area contributed by atoms with Crippen LogP contribution in [0.1, 0.15) is 18.9 Å². The van der Waals surface area contributed by atoms with Gasteiger partial charge in [-0.05, 0) is 42.3 Å². The van der Waals surface area contributed by atoms with Crippen molar-refractivity contribution in [3.63, 3.8) is 0 Å². The SMILES string of the molecule is CC(CC(F)(F)F)NCCc1ccsc1. The maximum atomic E-state index is 12.0. The lowest BCUT2D eigenvalue weighted by Crippen LogP contribution is -2.32. The molecular weight excluding hydrogens is 223 g/mol. The summed E-state index contributed by atoms with van der Waals surface area (Å²) in [6.07, 6.45) is -4.06. The number of rotatable bonds is 5. The highest BCUT2D eigenvalue weighted by atomic mass is 32.1. The van der Waals surface area contributed by atoms with Crippen LogP contribution in [-0.2, 0) is 6.42 Å². The minimum absolute atomic E-state index is 0.511. The number of nitrogens with one attached hydrogen (secondary N) is 1. The Morgan fingerprint density at radius 1 is 1.47 bits per heavy atom. The average molecular weight is 237 g/mol. The van der Waals surface area contributed by atoms with E-state index in [1.54, 1.807) is 18.3 Å². The third-order valence-corrected chi connectivity index (χ3v) is 2.76. The van der Waals surface area contributed by atoms with Crippen molar-refractivity contribution in [1.29, 1.82) is 0 Å². The van der Waals surface area contributed by atoms with Crippen molar-refractivity contribution < 1.29 is 13.2 Å². The lowest BCUT2D eigenvalue weighted by molar-refractivity contribution is -0.138. The van der Waals surface area contributed by atoms with Crippen molar-refractivity contribution in [3.05, 3.63) is 22.4 Å². The van der Waals surface area contributed by atoms with Crippen molar-refractivity contribution in [2.75, 3.05) is 6.54 Å². The van der Waals surface area contributed by atoms with Gasteiger partial charge >= 0.3 is 6.18 Å². The summed E-state index contributed by atoms with van der Waals surface area (Å²) in [7, 11) is 0. The van der Waals surface area contributed by atoms with Crippen LogP contribution in [0.25, 0.3) is 0 Å². The van der Waals surface area contributed by atoms with Crippen LogP contribution in [0.5, 0.6) is 0 Å². The van der Waals surface area contributed by atoms with Gasteiger partial charge in [0.05, 0.1) is 6.42 Å². The van der Waals surface area contributed by atoms with Crippen LogP contribution in [0.4, 0.5) is 13.2 Å². The molecule has 0 aliphatic heterocycles. The van der Waals surface area contributed by atoms with Crippen molar-refractivity contribution in [3.8, 4) is 0 Å². The fraction of sp³-hybridized carbons (Fsp3) is 0.600. The van der Waals surface area contributed by atoms with Crippen molar-refractivity contribution in [2.24, 2.45) is 0 Å². The van der Waals surface area contributed by atoms with Gasteiger partial charge in [0, 0.05) is 6.04 Å². The molecule has 1 N–H and O–H groups in total. The molecule has 0 fully saturated rings. The van der Waals surface area contributed by atoms with E-state index in [0.717, 1.165) is 6.42 Å². The smallest absolute Gasteiger partial charge is 0.314 e. The second-order valence-corrected chi connectivity index (χ2v) is 4.34. The Hall–Kier alpha value is -0.550. The van der Waals surface area contributed by atoms with Gasteiger partial charge in [0.15, 0.2) is 0 Å². The Morgan fingerprint density at radius 3 is 2.73 bits per heavy atom. The minimum Gasteiger partial charge on any atom is -0.314 e. The zero-order valence-corrected chi connectivity index (χ0v) is 9.29. The molecule has 0 amide bonds. The van der Waals surface area contributed by atoms with Gasteiger partial charge < -0.3 is 5.32 Å². The maximum absolute atomic E-state index is 12.0. The predicted molar refractivity (Wildman–Crippen MR) is 56.2 cm³/mol. The van der Waals surface area contributed by atoms with E-state index in [9.17, 15) is 13.2 Å². The molecule has 1 aromatic heterocycles. The first kappa shape index (κ1) is 12.5. The van der Waals surface area contributed by atoms with Crippen LogP contribution in [0.3, 0.4) is 0 Å². The first-order valence-corrected chi connectivity index (χ1v) is 5.73. The number of thiophene rings is 1. The maximum Gasteiger partial charge on any atom is 0.390 e. The molecule has 1 heterocycles. The lowest BCUT2D eigenvalue weighted by Gasteiger charge is -2.15. The van der Waals surface area contributed by atoms with E-state index in [-0.39, 0.29) is 0 Å². The zero-order chi connectivity index (χ0) is 11.3. The molecular formula is C10H14F3NS. The van der Waals surface area contributed by atoms with Crippen LogP contribution in [0.2, 0.25) is 0 Å². The first-order chi connectivity index (χ1) is 6.97. The molecule has 1 aromatic rings. The fourth-order valence-electron chi connectivity index (χ4n) is 1.32. The summed E-state index contributed by atoms with van der Waals surface area (Å²) in [5.74, 6) is 0. The topological polar surface area (TPSA) is 12.0 Å². The van der Waals surface area contributed by atoms with Gasteiger partial charge in [-0.25, -0.2) is 0 Å². The monoisotopic (exact) mass is 237 g/mol. The van der Waals surface area contributed by atoms with Gasteiger partial charge in [-0.2, -0.15) is 24.5 Å². The highest BCUT2D eigenvalue weighted by molar-refractivity contribution is 7.07. The van der Waals surface area contributed by atoms with Crippen LogP contribution >= 0.6 is 11.3 Å². The third kappa shape index (κ3) is 5.79. The Morgan fingerprint density at radius 2 is 2.20 bits per heavy atom. The van der Waals surface area contributed by atoms with Gasteiger partial charge in [0.25, 0.3) is 0 Å².